The Balaban J connectivity index is 1.26. The maximum absolute atomic E-state index is 4.38. The predicted molar refractivity (Wildman–Crippen MR) is 103 cm³/mol. The highest BCUT2D eigenvalue weighted by Crippen LogP contribution is 2.22. The van der Waals surface area contributed by atoms with Crippen molar-refractivity contribution in [2.75, 3.05) is 13.1 Å². The molecule has 0 atom stereocenters. The molecular formula is C21H27N5. The first-order valence-electron chi connectivity index (χ1n) is 9.59. The van der Waals surface area contributed by atoms with Gasteiger partial charge >= 0.3 is 0 Å². The Morgan fingerprint density at radius 3 is 2.62 bits per heavy atom. The number of likely N-dealkylation sites (tertiary alicyclic amines) is 1. The highest BCUT2D eigenvalue weighted by Gasteiger charge is 2.20. The fraction of sp³-hybridized carbons (Fsp3) is 0.429. The Kier molecular flexibility index (Phi) is 5.45. The molecule has 136 valence electrons. The van der Waals surface area contributed by atoms with Crippen molar-refractivity contribution in [1.82, 2.24) is 24.2 Å². The first-order chi connectivity index (χ1) is 12.9. The van der Waals surface area contributed by atoms with Crippen LogP contribution in [0, 0.1) is 5.92 Å². The van der Waals surface area contributed by atoms with Gasteiger partial charge in [0.25, 0.3) is 0 Å². The van der Waals surface area contributed by atoms with Crippen LogP contribution in [0.4, 0.5) is 0 Å². The summed E-state index contributed by atoms with van der Waals surface area (Å²) in [6.07, 6.45) is 11.7. The molecule has 3 heterocycles. The van der Waals surface area contributed by atoms with Gasteiger partial charge in [-0.05, 0) is 49.9 Å². The Hall–Kier alpha value is -2.40. The average molecular weight is 349 g/mol. The molecule has 3 aromatic rings. The minimum Gasteiger partial charge on any atom is -0.329 e. The molecule has 1 fully saturated rings. The summed E-state index contributed by atoms with van der Waals surface area (Å²) in [4.78, 5) is 6.96. The minimum atomic E-state index is 0.824. The third-order valence-corrected chi connectivity index (χ3v) is 5.41. The highest BCUT2D eigenvalue weighted by atomic mass is 15.3. The lowest BCUT2D eigenvalue weighted by molar-refractivity contribution is 0.165. The summed E-state index contributed by atoms with van der Waals surface area (Å²) in [5.74, 6) is 0.824. The molecule has 0 saturated carbocycles. The van der Waals surface area contributed by atoms with Gasteiger partial charge in [0.1, 0.15) is 0 Å². The molecule has 1 aromatic carbocycles. The number of imidazole rings is 1. The van der Waals surface area contributed by atoms with Crippen molar-refractivity contribution >= 4 is 0 Å². The lowest BCUT2D eigenvalue weighted by atomic mass is 9.93. The van der Waals surface area contributed by atoms with Crippen molar-refractivity contribution in [3.63, 3.8) is 0 Å². The number of rotatable bonds is 7. The Morgan fingerprint density at radius 1 is 1.00 bits per heavy atom. The van der Waals surface area contributed by atoms with Crippen LogP contribution >= 0.6 is 0 Å². The van der Waals surface area contributed by atoms with Gasteiger partial charge in [0, 0.05) is 38.2 Å². The largest absolute Gasteiger partial charge is 0.329 e. The smallest absolute Gasteiger partial charge is 0.0951 e. The van der Waals surface area contributed by atoms with E-state index in [1.807, 2.05) is 24.8 Å². The third kappa shape index (κ3) is 4.41. The maximum atomic E-state index is 4.38. The van der Waals surface area contributed by atoms with Gasteiger partial charge in [-0.25, -0.2) is 4.98 Å². The van der Waals surface area contributed by atoms with Gasteiger partial charge in [-0.1, -0.05) is 30.3 Å². The molecule has 0 bridgehead atoms. The molecule has 0 radical (unpaired) electrons. The van der Waals surface area contributed by atoms with Crippen molar-refractivity contribution in [3.8, 4) is 0 Å². The van der Waals surface area contributed by atoms with Gasteiger partial charge in [-0.3, -0.25) is 9.58 Å². The zero-order chi connectivity index (χ0) is 17.6. The van der Waals surface area contributed by atoms with E-state index in [-0.39, 0.29) is 0 Å². The Labute approximate surface area is 155 Å². The van der Waals surface area contributed by atoms with E-state index in [9.17, 15) is 0 Å². The van der Waals surface area contributed by atoms with Gasteiger partial charge in [0.15, 0.2) is 0 Å². The normalized spacial score (nSPS) is 16.2. The van der Waals surface area contributed by atoms with Gasteiger partial charge in [-0.2, -0.15) is 5.10 Å². The van der Waals surface area contributed by atoms with Crippen molar-refractivity contribution in [3.05, 3.63) is 72.6 Å². The standard InChI is InChI=1S/C21H27N5/c1-2-5-20(6-3-1)16-25-18-22-15-21(25)17-24-12-7-19(8-13-24)9-14-26-11-4-10-23-26/h1-6,10-11,15,18-19H,7-9,12-14,16-17H2. The predicted octanol–water partition coefficient (Wildman–Crippen LogP) is 3.43. The van der Waals surface area contributed by atoms with E-state index in [0.29, 0.717) is 0 Å². The molecular weight excluding hydrogens is 322 g/mol. The monoisotopic (exact) mass is 349 g/mol. The third-order valence-electron chi connectivity index (χ3n) is 5.41. The number of benzene rings is 1. The molecule has 26 heavy (non-hydrogen) atoms. The lowest BCUT2D eigenvalue weighted by Gasteiger charge is -2.32. The summed E-state index contributed by atoms with van der Waals surface area (Å²) in [6.45, 7) is 5.30. The van der Waals surface area contributed by atoms with Gasteiger partial charge < -0.3 is 4.57 Å². The number of piperidine rings is 1. The molecule has 0 aliphatic carbocycles. The molecule has 5 heteroatoms. The molecule has 1 saturated heterocycles. The molecule has 0 unspecified atom stereocenters. The molecule has 0 spiro atoms. The SMILES string of the molecule is c1ccc(Cn2cncc2CN2CCC(CCn3cccn3)CC2)cc1. The van der Waals surface area contributed by atoms with Crippen LogP contribution in [0.3, 0.4) is 0 Å². The molecule has 0 N–H and O–H groups in total. The van der Waals surface area contributed by atoms with E-state index in [4.69, 9.17) is 0 Å². The van der Waals surface area contributed by atoms with Crippen LogP contribution in [0.25, 0.3) is 0 Å². The quantitative estimate of drug-likeness (QED) is 0.656. The first-order valence-corrected chi connectivity index (χ1v) is 9.59. The van der Waals surface area contributed by atoms with Crippen LogP contribution < -0.4 is 0 Å². The fourth-order valence-electron chi connectivity index (χ4n) is 3.81. The fourth-order valence-corrected chi connectivity index (χ4v) is 3.81. The van der Waals surface area contributed by atoms with E-state index >= 15 is 0 Å². The number of hydrogen-bond acceptors (Lipinski definition) is 3. The summed E-state index contributed by atoms with van der Waals surface area (Å²) >= 11 is 0. The maximum Gasteiger partial charge on any atom is 0.0951 e. The number of aromatic nitrogens is 4. The Morgan fingerprint density at radius 2 is 1.85 bits per heavy atom. The lowest BCUT2D eigenvalue weighted by Crippen LogP contribution is -2.34. The van der Waals surface area contributed by atoms with Crippen molar-refractivity contribution in [2.24, 2.45) is 5.92 Å². The van der Waals surface area contributed by atoms with Crippen LogP contribution in [-0.2, 0) is 19.6 Å². The second-order valence-corrected chi connectivity index (χ2v) is 7.28. The zero-order valence-electron chi connectivity index (χ0n) is 15.2. The van der Waals surface area contributed by atoms with Crippen molar-refractivity contribution in [1.29, 1.82) is 0 Å². The second kappa shape index (κ2) is 8.32. The van der Waals surface area contributed by atoms with E-state index in [1.54, 1.807) is 0 Å². The molecule has 1 aliphatic heterocycles. The topological polar surface area (TPSA) is 38.9 Å². The van der Waals surface area contributed by atoms with E-state index < -0.39 is 0 Å². The van der Waals surface area contributed by atoms with Crippen LogP contribution in [0.1, 0.15) is 30.5 Å². The summed E-state index contributed by atoms with van der Waals surface area (Å²) in [6, 6.07) is 12.6. The molecule has 5 nitrogen and oxygen atoms in total. The van der Waals surface area contributed by atoms with Crippen LogP contribution in [0.15, 0.2) is 61.3 Å². The first kappa shape index (κ1) is 17.0. The average Bonchev–Trinajstić information content (AvgIpc) is 3.35. The van der Waals surface area contributed by atoms with Gasteiger partial charge in [0.2, 0.25) is 0 Å². The number of nitrogens with zero attached hydrogens (tertiary/aromatic N) is 5. The minimum absolute atomic E-state index is 0.824. The molecule has 0 amide bonds. The molecule has 2 aromatic heterocycles. The molecule has 1 aliphatic rings. The van der Waals surface area contributed by atoms with Crippen LogP contribution in [0.5, 0.6) is 0 Å². The van der Waals surface area contributed by atoms with Crippen LogP contribution in [-0.4, -0.2) is 37.3 Å². The summed E-state index contributed by atoms with van der Waals surface area (Å²) in [7, 11) is 0. The molecule has 4 rings (SSSR count). The van der Waals surface area contributed by atoms with Crippen LogP contribution in [0.2, 0.25) is 0 Å². The van der Waals surface area contributed by atoms with E-state index in [2.05, 4.69) is 60.8 Å². The van der Waals surface area contributed by atoms with Crippen molar-refractivity contribution in [2.45, 2.75) is 38.9 Å². The summed E-state index contributed by atoms with van der Waals surface area (Å²) in [5, 5.41) is 4.31. The van der Waals surface area contributed by atoms with E-state index in [0.717, 1.165) is 25.6 Å². The second-order valence-electron chi connectivity index (χ2n) is 7.28. The number of aryl methyl sites for hydroxylation is 1. The van der Waals surface area contributed by atoms with Gasteiger partial charge in [-0.15, -0.1) is 0 Å². The zero-order valence-corrected chi connectivity index (χ0v) is 15.2. The Bertz CT molecular complexity index is 770. The van der Waals surface area contributed by atoms with Gasteiger partial charge in [0.05, 0.1) is 12.0 Å². The van der Waals surface area contributed by atoms with E-state index in [1.165, 1.54) is 43.6 Å². The summed E-state index contributed by atoms with van der Waals surface area (Å²) in [5.41, 5.74) is 2.63. The highest BCUT2D eigenvalue weighted by molar-refractivity contribution is 5.16. The van der Waals surface area contributed by atoms with Crippen molar-refractivity contribution < 1.29 is 0 Å². The number of hydrogen-bond donors (Lipinski definition) is 0. The summed E-state index contributed by atoms with van der Waals surface area (Å²) < 4.78 is 4.33.